The van der Waals surface area contributed by atoms with E-state index in [9.17, 15) is 18.4 Å². The molecule has 0 aromatic heterocycles. The predicted octanol–water partition coefficient (Wildman–Crippen LogP) is 3.63. The SMILES string of the molecule is COc1cc(OC)c(NC(=O)C2CC(=O)N(c3ccc(F)cc3F)C2)cc1Cl. The zero-order valence-electron chi connectivity index (χ0n) is 15.1. The molecule has 0 radical (unpaired) electrons. The van der Waals surface area contributed by atoms with Crippen LogP contribution in [0.3, 0.4) is 0 Å². The lowest BCUT2D eigenvalue weighted by atomic mass is 10.1. The number of carbonyl (C=O) groups excluding carboxylic acids is 2. The van der Waals surface area contributed by atoms with Crippen LogP contribution in [0.5, 0.6) is 11.5 Å². The molecule has 9 heteroatoms. The number of hydrogen-bond acceptors (Lipinski definition) is 4. The maximum absolute atomic E-state index is 14.0. The van der Waals surface area contributed by atoms with Gasteiger partial charge in [-0.2, -0.15) is 0 Å². The number of hydrogen-bond donors (Lipinski definition) is 1. The van der Waals surface area contributed by atoms with Crippen LogP contribution < -0.4 is 19.7 Å². The van der Waals surface area contributed by atoms with Gasteiger partial charge in [-0.1, -0.05) is 11.6 Å². The van der Waals surface area contributed by atoms with Crippen molar-refractivity contribution in [1.29, 1.82) is 0 Å². The smallest absolute Gasteiger partial charge is 0.229 e. The van der Waals surface area contributed by atoms with Gasteiger partial charge in [-0.05, 0) is 18.2 Å². The second-order valence-corrected chi connectivity index (χ2v) is 6.58. The molecule has 1 saturated heterocycles. The molecular weight excluding hydrogens is 394 g/mol. The number of methoxy groups -OCH3 is 2. The number of amides is 2. The van der Waals surface area contributed by atoms with Gasteiger partial charge in [0.25, 0.3) is 0 Å². The van der Waals surface area contributed by atoms with Crippen molar-refractivity contribution in [3.05, 3.63) is 47.0 Å². The quantitative estimate of drug-likeness (QED) is 0.817. The molecule has 0 spiro atoms. The number of benzene rings is 2. The minimum atomic E-state index is -0.863. The second kappa shape index (κ2) is 8.02. The fraction of sp³-hybridized carbons (Fsp3) is 0.263. The van der Waals surface area contributed by atoms with Crippen molar-refractivity contribution in [2.45, 2.75) is 6.42 Å². The summed E-state index contributed by atoms with van der Waals surface area (Å²) in [4.78, 5) is 26.0. The van der Waals surface area contributed by atoms with E-state index in [4.69, 9.17) is 21.1 Å². The van der Waals surface area contributed by atoms with Crippen LogP contribution in [0.4, 0.5) is 20.2 Å². The number of rotatable bonds is 5. The summed E-state index contributed by atoms with van der Waals surface area (Å²) in [6, 6.07) is 5.93. The van der Waals surface area contributed by atoms with Gasteiger partial charge in [-0.15, -0.1) is 0 Å². The van der Waals surface area contributed by atoms with Gasteiger partial charge in [0.05, 0.1) is 36.5 Å². The fourth-order valence-electron chi connectivity index (χ4n) is 3.01. The van der Waals surface area contributed by atoms with Gasteiger partial charge in [0, 0.05) is 25.1 Å². The lowest BCUT2D eigenvalue weighted by Crippen LogP contribution is -2.28. The Labute approximate surface area is 165 Å². The first kappa shape index (κ1) is 19.9. The highest BCUT2D eigenvalue weighted by atomic mass is 35.5. The zero-order chi connectivity index (χ0) is 20.4. The van der Waals surface area contributed by atoms with Gasteiger partial charge in [0.15, 0.2) is 0 Å². The maximum Gasteiger partial charge on any atom is 0.229 e. The van der Waals surface area contributed by atoms with E-state index < -0.39 is 29.4 Å². The normalized spacial score (nSPS) is 16.2. The van der Waals surface area contributed by atoms with Gasteiger partial charge in [-0.3, -0.25) is 9.59 Å². The highest BCUT2D eigenvalue weighted by molar-refractivity contribution is 6.32. The summed E-state index contributed by atoms with van der Waals surface area (Å²) in [7, 11) is 2.88. The summed E-state index contributed by atoms with van der Waals surface area (Å²) in [5.74, 6) is -2.49. The lowest BCUT2D eigenvalue weighted by Gasteiger charge is -2.18. The number of anilines is 2. The van der Waals surface area contributed by atoms with E-state index in [1.54, 1.807) is 0 Å². The minimum Gasteiger partial charge on any atom is -0.495 e. The predicted molar refractivity (Wildman–Crippen MR) is 100 cm³/mol. The summed E-state index contributed by atoms with van der Waals surface area (Å²) >= 11 is 6.09. The Balaban J connectivity index is 1.77. The van der Waals surface area contributed by atoms with Crippen molar-refractivity contribution in [2.75, 3.05) is 31.0 Å². The first-order valence-corrected chi connectivity index (χ1v) is 8.69. The Kier molecular flexibility index (Phi) is 5.69. The number of ether oxygens (including phenoxy) is 2. The monoisotopic (exact) mass is 410 g/mol. The van der Waals surface area contributed by atoms with Crippen LogP contribution >= 0.6 is 11.6 Å². The van der Waals surface area contributed by atoms with Gasteiger partial charge < -0.3 is 19.7 Å². The van der Waals surface area contributed by atoms with Crippen LogP contribution in [-0.4, -0.2) is 32.6 Å². The van der Waals surface area contributed by atoms with E-state index in [-0.39, 0.29) is 23.7 Å². The van der Waals surface area contributed by atoms with Crippen molar-refractivity contribution in [1.82, 2.24) is 0 Å². The summed E-state index contributed by atoms with van der Waals surface area (Å²) in [5.41, 5.74) is 0.254. The third kappa shape index (κ3) is 3.87. The molecule has 6 nitrogen and oxygen atoms in total. The van der Waals surface area contributed by atoms with Crippen molar-refractivity contribution in [2.24, 2.45) is 5.92 Å². The standard InChI is InChI=1S/C19H17ClF2N2O4/c1-27-16-8-17(28-2)14(7-12(16)20)23-19(26)10-5-18(25)24(9-10)15-4-3-11(21)6-13(15)22/h3-4,6-8,10H,5,9H2,1-2H3,(H,23,26). The Morgan fingerprint density at radius 2 is 1.89 bits per heavy atom. The average molecular weight is 411 g/mol. The van der Waals surface area contributed by atoms with E-state index in [1.807, 2.05) is 0 Å². The minimum absolute atomic E-state index is 0.0284. The van der Waals surface area contributed by atoms with E-state index in [2.05, 4.69) is 5.32 Å². The van der Waals surface area contributed by atoms with Crippen LogP contribution in [0.2, 0.25) is 5.02 Å². The Morgan fingerprint density at radius 3 is 2.54 bits per heavy atom. The molecule has 3 rings (SSSR count). The molecule has 148 valence electrons. The molecule has 1 aliphatic heterocycles. The molecule has 0 aliphatic carbocycles. The Morgan fingerprint density at radius 1 is 1.18 bits per heavy atom. The molecule has 1 aliphatic rings. The highest BCUT2D eigenvalue weighted by Gasteiger charge is 2.36. The molecule has 1 atom stereocenters. The van der Waals surface area contributed by atoms with Gasteiger partial charge in [0.1, 0.15) is 23.1 Å². The average Bonchev–Trinajstić information content (AvgIpc) is 3.03. The number of carbonyl (C=O) groups is 2. The van der Waals surface area contributed by atoms with E-state index in [1.165, 1.54) is 32.4 Å². The van der Waals surface area contributed by atoms with Crippen LogP contribution in [-0.2, 0) is 9.59 Å². The van der Waals surface area contributed by atoms with E-state index in [0.717, 1.165) is 11.0 Å². The largest absolute Gasteiger partial charge is 0.495 e. The summed E-state index contributed by atoms with van der Waals surface area (Å²) < 4.78 is 37.4. The van der Waals surface area contributed by atoms with Gasteiger partial charge >= 0.3 is 0 Å². The first-order chi connectivity index (χ1) is 13.3. The Bertz CT molecular complexity index is 938. The molecule has 1 unspecified atom stereocenters. The lowest BCUT2D eigenvalue weighted by molar-refractivity contribution is -0.122. The molecule has 2 amide bonds. The van der Waals surface area contributed by atoms with Gasteiger partial charge in [-0.25, -0.2) is 8.78 Å². The molecule has 1 fully saturated rings. The third-order valence-electron chi connectivity index (χ3n) is 4.43. The third-order valence-corrected chi connectivity index (χ3v) is 4.72. The maximum atomic E-state index is 14.0. The first-order valence-electron chi connectivity index (χ1n) is 8.31. The molecule has 0 bridgehead atoms. The Hall–Kier alpha value is -2.87. The molecule has 1 heterocycles. The van der Waals surface area contributed by atoms with Crippen molar-refractivity contribution >= 4 is 34.8 Å². The fourth-order valence-corrected chi connectivity index (χ4v) is 3.25. The number of halogens is 3. The summed E-state index contributed by atoms with van der Waals surface area (Å²) in [6.07, 6.45) is -0.102. The molecule has 2 aromatic rings. The zero-order valence-corrected chi connectivity index (χ0v) is 15.8. The van der Waals surface area contributed by atoms with E-state index in [0.29, 0.717) is 23.3 Å². The van der Waals surface area contributed by atoms with Crippen LogP contribution in [0.1, 0.15) is 6.42 Å². The molecule has 2 aromatic carbocycles. The van der Waals surface area contributed by atoms with E-state index >= 15 is 0 Å². The highest BCUT2D eigenvalue weighted by Crippen LogP contribution is 2.36. The van der Waals surface area contributed by atoms with Crippen LogP contribution in [0.25, 0.3) is 0 Å². The molecular formula is C19H17ClF2N2O4. The molecule has 28 heavy (non-hydrogen) atoms. The van der Waals surface area contributed by atoms with Crippen molar-refractivity contribution in [3.63, 3.8) is 0 Å². The second-order valence-electron chi connectivity index (χ2n) is 6.18. The summed E-state index contributed by atoms with van der Waals surface area (Å²) in [6.45, 7) is -0.0284. The molecule has 0 saturated carbocycles. The van der Waals surface area contributed by atoms with Crippen molar-refractivity contribution < 1.29 is 27.8 Å². The number of nitrogens with one attached hydrogen (secondary N) is 1. The summed E-state index contributed by atoms with van der Waals surface area (Å²) in [5, 5.41) is 2.95. The van der Waals surface area contributed by atoms with Gasteiger partial charge in [0.2, 0.25) is 11.8 Å². The van der Waals surface area contributed by atoms with Crippen molar-refractivity contribution in [3.8, 4) is 11.5 Å². The number of nitrogens with zero attached hydrogens (tertiary/aromatic N) is 1. The molecule has 1 N–H and O–H groups in total. The topological polar surface area (TPSA) is 67.9 Å². The van der Waals surface area contributed by atoms with Crippen LogP contribution in [0, 0.1) is 17.6 Å². The van der Waals surface area contributed by atoms with Crippen LogP contribution in [0.15, 0.2) is 30.3 Å².